The summed E-state index contributed by atoms with van der Waals surface area (Å²) in [6, 6.07) is 8.74. The first-order valence-corrected chi connectivity index (χ1v) is 7.37. The van der Waals surface area contributed by atoms with Crippen LogP contribution in [0.2, 0.25) is 0 Å². The van der Waals surface area contributed by atoms with Gasteiger partial charge in [0.2, 0.25) is 0 Å². The van der Waals surface area contributed by atoms with E-state index in [0.717, 1.165) is 0 Å². The molecule has 0 bridgehead atoms. The van der Waals surface area contributed by atoms with Gasteiger partial charge in [0, 0.05) is 18.7 Å². The van der Waals surface area contributed by atoms with Crippen molar-refractivity contribution in [1.29, 1.82) is 5.26 Å². The lowest BCUT2D eigenvalue weighted by Crippen LogP contribution is -2.44. The Bertz CT molecular complexity index is 516. The number of nitrogens with zero attached hydrogens (tertiary/aromatic N) is 2. The molecule has 1 aromatic carbocycles. The van der Waals surface area contributed by atoms with Gasteiger partial charge in [0.05, 0.1) is 6.07 Å². The van der Waals surface area contributed by atoms with Crippen LogP contribution in [0.5, 0.6) is 5.75 Å². The van der Waals surface area contributed by atoms with Crippen molar-refractivity contribution in [2.24, 2.45) is 0 Å². The van der Waals surface area contributed by atoms with Crippen LogP contribution in [0.25, 0.3) is 0 Å². The van der Waals surface area contributed by atoms with Gasteiger partial charge in [-0.05, 0) is 37.3 Å². The van der Waals surface area contributed by atoms with E-state index < -0.39 is 0 Å². The van der Waals surface area contributed by atoms with E-state index in [-0.39, 0.29) is 16.4 Å². The number of likely N-dealkylation sites (tertiary alicyclic amines) is 1. The van der Waals surface area contributed by atoms with Gasteiger partial charge in [-0.2, -0.15) is 5.26 Å². The molecular weight excluding hydrogens is 260 g/mol. The van der Waals surface area contributed by atoms with E-state index in [4.69, 9.17) is 0 Å². The quantitative estimate of drug-likeness (QED) is 0.900. The standard InChI is InChI=1S/C14H16N2O2S/c1-19-14(10-15)5-7-16(8-6-14)13(18)11-3-2-4-12(17)9-11/h2-4,9,17H,5-8H2,1H3. The number of benzene rings is 1. The number of thioether (sulfide) groups is 1. The average molecular weight is 276 g/mol. The molecule has 1 aliphatic rings. The zero-order valence-corrected chi connectivity index (χ0v) is 11.6. The van der Waals surface area contributed by atoms with Crippen LogP contribution in [-0.4, -0.2) is 40.0 Å². The van der Waals surface area contributed by atoms with Crippen molar-refractivity contribution in [1.82, 2.24) is 4.90 Å². The molecule has 1 aliphatic heterocycles. The Balaban J connectivity index is 2.06. The van der Waals surface area contributed by atoms with Gasteiger partial charge in [-0.3, -0.25) is 4.79 Å². The molecule has 100 valence electrons. The van der Waals surface area contributed by atoms with Gasteiger partial charge >= 0.3 is 0 Å². The number of hydrogen-bond donors (Lipinski definition) is 1. The third-order valence-electron chi connectivity index (χ3n) is 3.55. The van der Waals surface area contributed by atoms with E-state index >= 15 is 0 Å². The Kier molecular flexibility index (Phi) is 4.01. The van der Waals surface area contributed by atoms with Gasteiger partial charge in [0.25, 0.3) is 5.91 Å². The lowest BCUT2D eigenvalue weighted by atomic mass is 9.96. The summed E-state index contributed by atoms with van der Waals surface area (Å²) in [6.45, 7) is 1.17. The first kappa shape index (κ1) is 13.8. The van der Waals surface area contributed by atoms with Crippen molar-refractivity contribution in [3.05, 3.63) is 29.8 Å². The largest absolute Gasteiger partial charge is 0.508 e. The van der Waals surface area contributed by atoms with Crippen LogP contribution in [0.3, 0.4) is 0 Å². The van der Waals surface area contributed by atoms with E-state index in [1.807, 2.05) is 6.26 Å². The highest BCUT2D eigenvalue weighted by atomic mass is 32.2. The Labute approximate surface area is 117 Å². The molecule has 19 heavy (non-hydrogen) atoms. The smallest absolute Gasteiger partial charge is 0.253 e. The van der Waals surface area contributed by atoms with Gasteiger partial charge in [0.1, 0.15) is 10.5 Å². The lowest BCUT2D eigenvalue weighted by molar-refractivity contribution is 0.0716. The second-order valence-corrected chi connectivity index (χ2v) is 5.84. The van der Waals surface area contributed by atoms with Crippen molar-refractivity contribution in [3.8, 4) is 11.8 Å². The number of nitriles is 1. The highest BCUT2D eigenvalue weighted by molar-refractivity contribution is 8.00. The molecule has 1 amide bonds. The molecule has 1 heterocycles. The topological polar surface area (TPSA) is 64.3 Å². The molecule has 1 saturated heterocycles. The van der Waals surface area contributed by atoms with Crippen LogP contribution in [0, 0.1) is 11.3 Å². The minimum atomic E-state index is -0.352. The monoisotopic (exact) mass is 276 g/mol. The normalized spacial score (nSPS) is 17.8. The van der Waals surface area contributed by atoms with Gasteiger partial charge in [-0.1, -0.05) is 6.07 Å². The molecule has 0 radical (unpaired) electrons. The van der Waals surface area contributed by atoms with Crippen LogP contribution < -0.4 is 0 Å². The number of carbonyl (C=O) groups excluding carboxylic acids is 1. The van der Waals surface area contributed by atoms with Crippen molar-refractivity contribution in [2.75, 3.05) is 19.3 Å². The molecule has 1 aromatic rings. The third kappa shape index (κ3) is 2.85. The maximum absolute atomic E-state index is 12.3. The van der Waals surface area contributed by atoms with E-state index in [2.05, 4.69) is 6.07 Å². The fourth-order valence-electron chi connectivity index (χ4n) is 2.25. The van der Waals surface area contributed by atoms with E-state index in [9.17, 15) is 15.2 Å². The number of piperidine rings is 1. The summed E-state index contributed by atoms with van der Waals surface area (Å²) in [7, 11) is 0. The van der Waals surface area contributed by atoms with Crippen LogP contribution >= 0.6 is 11.8 Å². The van der Waals surface area contributed by atoms with Crippen molar-refractivity contribution < 1.29 is 9.90 Å². The molecule has 1 N–H and O–H groups in total. The number of phenolic OH excluding ortho intramolecular Hbond substituents is 1. The van der Waals surface area contributed by atoms with Gasteiger partial charge in [0.15, 0.2) is 0 Å². The second kappa shape index (κ2) is 5.54. The second-order valence-electron chi connectivity index (χ2n) is 4.65. The minimum Gasteiger partial charge on any atom is -0.508 e. The molecule has 1 fully saturated rings. The molecular formula is C14H16N2O2S. The number of amides is 1. The van der Waals surface area contributed by atoms with E-state index in [1.54, 1.807) is 34.9 Å². The maximum Gasteiger partial charge on any atom is 0.253 e. The van der Waals surface area contributed by atoms with Crippen LogP contribution in [-0.2, 0) is 0 Å². The maximum atomic E-state index is 12.3. The predicted octanol–water partition coefficient (Wildman–Crippen LogP) is 2.25. The minimum absolute atomic E-state index is 0.0801. The lowest BCUT2D eigenvalue weighted by Gasteiger charge is -2.36. The van der Waals surface area contributed by atoms with Gasteiger partial charge < -0.3 is 10.0 Å². The van der Waals surface area contributed by atoms with E-state index in [1.165, 1.54) is 6.07 Å². The molecule has 2 rings (SSSR count). The Morgan fingerprint density at radius 3 is 2.68 bits per heavy atom. The zero-order chi connectivity index (χ0) is 13.9. The summed E-state index contributed by atoms with van der Waals surface area (Å²) < 4.78 is -0.352. The Morgan fingerprint density at radius 1 is 1.47 bits per heavy atom. The zero-order valence-electron chi connectivity index (χ0n) is 10.8. The van der Waals surface area contributed by atoms with Crippen LogP contribution in [0.4, 0.5) is 0 Å². The van der Waals surface area contributed by atoms with Gasteiger partial charge in [-0.15, -0.1) is 11.8 Å². The molecule has 0 unspecified atom stereocenters. The predicted molar refractivity (Wildman–Crippen MR) is 75.1 cm³/mol. The number of carbonyl (C=O) groups is 1. The molecule has 5 heteroatoms. The Hall–Kier alpha value is -1.67. The summed E-state index contributed by atoms with van der Waals surface area (Å²) >= 11 is 1.57. The third-order valence-corrected chi connectivity index (χ3v) is 4.83. The summed E-state index contributed by atoms with van der Waals surface area (Å²) in [4.78, 5) is 14.0. The number of aromatic hydroxyl groups is 1. The SMILES string of the molecule is CSC1(C#N)CCN(C(=O)c2cccc(O)c2)CC1. The fourth-order valence-corrected chi connectivity index (χ4v) is 2.94. The number of hydrogen-bond acceptors (Lipinski definition) is 4. The fraction of sp³-hybridized carbons (Fsp3) is 0.429. The summed E-state index contributed by atoms with van der Waals surface area (Å²) in [5.41, 5.74) is 0.494. The number of phenols is 1. The van der Waals surface area contributed by atoms with Crippen molar-refractivity contribution in [3.63, 3.8) is 0 Å². The molecule has 0 saturated carbocycles. The molecule has 0 aliphatic carbocycles. The molecule has 0 aromatic heterocycles. The molecule has 0 spiro atoms. The first-order chi connectivity index (χ1) is 9.10. The van der Waals surface area contributed by atoms with Crippen molar-refractivity contribution in [2.45, 2.75) is 17.6 Å². The van der Waals surface area contributed by atoms with Crippen LogP contribution in [0.15, 0.2) is 24.3 Å². The Morgan fingerprint density at radius 2 is 2.16 bits per heavy atom. The first-order valence-electron chi connectivity index (χ1n) is 6.15. The van der Waals surface area contributed by atoms with Gasteiger partial charge in [-0.25, -0.2) is 0 Å². The molecule has 0 atom stereocenters. The summed E-state index contributed by atoms with van der Waals surface area (Å²) in [6.07, 6.45) is 3.32. The average Bonchev–Trinajstić information content (AvgIpc) is 2.46. The number of rotatable bonds is 2. The highest BCUT2D eigenvalue weighted by Crippen LogP contribution is 2.34. The molecule has 4 nitrogen and oxygen atoms in total. The highest BCUT2D eigenvalue weighted by Gasteiger charge is 2.35. The summed E-state index contributed by atoms with van der Waals surface area (Å²) in [5, 5.41) is 18.6. The van der Waals surface area contributed by atoms with E-state index in [0.29, 0.717) is 31.5 Å². The van der Waals surface area contributed by atoms with Crippen LogP contribution in [0.1, 0.15) is 23.2 Å². The summed E-state index contributed by atoms with van der Waals surface area (Å²) in [5.74, 6) is 0.0156. The van der Waals surface area contributed by atoms with Crippen molar-refractivity contribution >= 4 is 17.7 Å².